The number of ether oxygens (including phenoxy) is 3. The van der Waals surface area contributed by atoms with E-state index in [9.17, 15) is 23.5 Å². The van der Waals surface area contributed by atoms with Gasteiger partial charge in [0.05, 0.1) is 30.3 Å². The molecule has 9 nitrogen and oxygen atoms in total. The van der Waals surface area contributed by atoms with Crippen molar-refractivity contribution in [2.75, 3.05) is 66.7 Å². The monoisotopic (exact) mass is 697 g/mol. The van der Waals surface area contributed by atoms with E-state index in [1.54, 1.807) is 36.4 Å². The quantitative estimate of drug-likeness (QED) is 0.127. The van der Waals surface area contributed by atoms with E-state index in [0.717, 1.165) is 30.8 Å². The lowest BCUT2D eigenvalue weighted by Gasteiger charge is -2.27. The van der Waals surface area contributed by atoms with E-state index < -0.39 is 17.6 Å². The van der Waals surface area contributed by atoms with Crippen LogP contribution >= 0.6 is 24.0 Å². The van der Waals surface area contributed by atoms with Crippen LogP contribution in [0.5, 0.6) is 11.5 Å². The number of carboxylic acid groups (broad SMARTS) is 1. The number of morpholine rings is 1. The number of halogens is 2. The second-order valence-electron chi connectivity index (χ2n) is 11.6. The summed E-state index contributed by atoms with van der Waals surface area (Å²) in [5, 5.41) is 9.50. The van der Waals surface area contributed by atoms with E-state index in [-0.39, 0.29) is 11.5 Å². The fraction of sp³-hybridized carbons (Fsp3) is 0.343. The number of rotatable bonds is 14. The zero-order chi connectivity index (χ0) is 34.2. The smallest absolute Gasteiger partial charge is 0.335 e. The Morgan fingerprint density at radius 3 is 2.44 bits per heavy atom. The maximum atomic E-state index is 14.0. The summed E-state index contributed by atoms with van der Waals surface area (Å²) in [7, 11) is 3.87. The van der Waals surface area contributed by atoms with Gasteiger partial charge in [-0.2, -0.15) is 0 Å². The molecule has 0 bridgehead atoms. The lowest BCUT2D eigenvalue weighted by Crippen LogP contribution is -2.35. The fourth-order valence-electron chi connectivity index (χ4n) is 5.20. The Balaban J connectivity index is 1.27. The molecule has 48 heavy (non-hydrogen) atoms. The molecule has 1 amide bonds. The Morgan fingerprint density at radius 2 is 1.71 bits per heavy atom. The third-order valence-electron chi connectivity index (χ3n) is 7.81. The number of carboxylic acids is 1. The van der Waals surface area contributed by atoms with Crippen LogP contribution < -0.4 is 9.47 Å². The van der Waals surface area contributed by atoms with Crippen LogP contribution in [0.4, 0.5) is 8.78 Å². The van der Waals surface area contributed by atoms with Crippen LogP contribution in [0.25, 0.3) is 17.2 Å². The minimum atomic E-state index is -1.00. The molecule has 5 rings (SSSR count). The van der Waals surface area contributed by atoms with Crippen LogP contribution in [-0.4, -0.2) is 103 Å². The summed E-state index contributed by atoms with van der Waals surface area (Å²) in [6.45, 7) is 4.98. The number of nitrogens with zero attached hydrogens (tertiary/aromatic N) is 3. The minimum Gasteiger partial charge on any atom is -0.493 e. The Labute approximate surface area is 288 Å². The van der Waals surface area contributed by atoms with Gasteiger partial charge in [-0.1, -0.05) is 36.1 Å². The van der Waals surface area contributed by atoms with Crippen molar-refractivity contribution in [3.8, 4) is 22.6 Å². The van der Waals surface area contributed by atoms with Crippen molar-refractivity contribution in [1.82, 2.24) is 14.7 Å². The summed E-state index contributed by atoms with van der Waals surface area (Å²) in [5.41, 5.74) is 2.70. The van der Waals surface area contributed by atoms with Gasteiger partial charge >= 0.3 is 5.97 Å². The number of likely N-dealkylation sites (N-methyl/N-ethyl adjacent to an activating group) is 1. The average Bonchev–Trinajstić information content (AvgIpc) is 3.33. The molecule has 2 aliphatic heterocycles. The average molecular weight is 698 g/mol. The first kappa shape index (κ1) is 35.4. The van der Waals surface area contributed by atoms with Gasteiger partial charge in [-0.25, -0.2) is 13.6 Å². The SMILES string of the molecule is CN(C)CCOc1ccc(-c2ccc(F)c(F)c2)cc1/C=C1\SC(=S)N(CCCOc2ccc(C(=O)O)cc2CN2CCOCC2)C1=O. The standard InChI is InChI=1S/C35H37F2N3O6S2/c1-38(2)11-17-46-30-8-5-23(24-4-7-28(36)29(37)20-24)18-26(30)21-32-33(41)40(35(47)48-32)10-3-14-45-31-9-6-25(34(42)43)19-27(31)22-39-12-15-44-16-13-39/h4-9,18-21H,3,10-17,22H2,1-2H3,(H,42,43)/b32-21-. The predicted octanol–water partition coefficient (Wildman–Crippen LogP) is 5.77. The van der Waals surface area contributed by atoms with Gasteiger partial charge in [-0.3, -0.25) is 14.6 Å². The normalized spacial score (nSPS) is 16.3. The molecule has 3 aromatic rings. The number of amides is 1. The molecule has 0 aliphatic carbocycles. The molecule has 13 heteroatoms. The molecule has 0 saturated carbocycles. The van der Waals surface area contributed by atoms with Gasteiger partial charge in [-0.05, 0) is 80.2 Å². The van der Waals surface area contributed by atoms with Crippen molar-refractivity contribution in [3.63, 3.8) is 0 Å². The number of thioether (sulfide) groups is 1. The van der Waals surface area contributed by atoms with Gasteiger partial charge in [0.2, 0.25) is 0 Å². The van der Waals surface area contributed by atoms with E-state index in [2.05, 4.69) is 4.90 Å². The molecule has 0 spiro atoms. The van der Waals surface area contributed by atoms with Crippen molar-refractivity contribution < 1.29 is 37.7 Å². The minimum absolute atomic E-state index is 0.191. The van der Waals surface area contributed by atoms with E-state index >= 15 is 0 Å². The van der Waals surface area contributed by atoms with Crippen molar-refractivity contribution in [2.45, 2.75) is 13.0 Å². The van der Waals surface area contributed by atoms with E-state index in [1.165, 1.54) is 28.8 Å². The molecule has 1 N–H and O–H groups in total. The Hall–Kier alpha value is -3.88. The zero-order valence-corrected chi connectivity index (χ0v) is 28.4. The lowest BCUT2D eigenvalue weighted by molar-refractivity contribution is -0.122. The number of benzene rings is 3. The third kappa shape index (κ3) is 9.17. The largest absolute Gasteiger partial charge is 0.493 e. The van der Waals surface area contributed by atoms with Crippen molar-refractivity contribution in [1.29, 1.82) is 0 Å². The molecular formula is C35H37F2N3O6S2. The molecule has 0 unspecified atom stereocenters. The predicted molar refractivity (Wildman–Crippen MR) is 185 cm³/mol. The molecule has 2 fully saturated rings. The van der Waals surface area contributed by atoms with Crippen molar-refractivity contribution in [3.05, 3.63) is 87.8 Å². The first-order valence-corrected chi connectivity index (χ1v) is 16.7. The summed E-state index contributed by atoms with van der Waals surface area (Å²) < 4.78 is 45.6. The van der Waals surface area contributed by atoms with Gasteiger partial charge in [0.25, 0.3) is 5.91 Å². The van der Waals surface area contributed by atoms with E-state index in [4.69, 9.17) is 26.4 Å². The topological polar surface area (TPSA) is 91.8 Å². The molecule has 254 valence electrons. The zero-order valence-electron chi connectivity index (χ0n) is 26.7. The van der Waals surface area contributed by atoms with Gasteiger partial charge in [0.15, 0.2) is 11.6 Å². The molecule has 2 aliphatic rings. The van der Waals surface area contributed by atoms with Crippen LogP contribution in [-0.2, 0) is 16.1 Å². The van der Waals surface area contributed by atoms with Gasteiger partial charge in [0, 0.05) is 43.9 Å². The maximum absolute atomic E-state index is 14.0. The molecule has 2 heterocycles. The van der Waals surface area contributed by atoms with E-state index in [0.29, 0.717) is 89.9 Å². The number of aromatic carboxylic acids is 1. The molecule has 0 radical (unpaired) electrons. The maximum Gasteiger partial charge on any atom is 0.335 e. The first-order valence-electron chi connectivity index (χ1n) is 15.5. The summed E-state index contributed by atoms with van der Waals surface area (Å²) >= 11 is 6.75. The molecule has 2 saturated heterocycles. The van der Waals surface area contributed by atoms with Crippen LogP contribution in [0, 0.1) is 11.6 Å². The first-order chi connectivity index (χ1) is 23.1. The highest BCUT2D eigenvalue weighted by atomic mass is 32.2. The fourth-order valence-corrected chi connectivity index (χ4v) is 6.50. The number of hydrogen-bond donors (Lipinski definition) is 1. The Kier molecular flexibility index (Phi) is 12.2. The van der Waals surface area contributed by atoms with Crippen LogP contribution in [0.15, 0.2) is 59.5 Å². The molecule has 0 aromatic heterocycles. The lowest BCUT2D eigenvalue weighted by atomic mass is 10.0. The van der Waals surface area contributed by atoms with Crippen molar-refractivity contribution in [2.24, 2.45) is 0 Å². The summed E-state index contributed by atoms with van der Waals surface area (Å²) in [5.74, 6) is -1.99. The van der Waals surface area contributed by atoms with Gasteiger partial charge in [0.1, 0.15) is 22.4 Å². The number of carbonyl (C=O) groups excluding carboxylic acids is 1. The van der Waals surface area contributed by atoms with Crippen molar-refractivity contribution >= 4 is 46.3 Å². The van der Waals surface area contributed by atoms with E-state index in [1.807, 2.05) is 19.0 Å². The molecule has 0 atom stereocenters. The summed E-state index contributed by atoms with van der Waals surface area (Å²) in [4.78, 5) is 31.2. The molecular weight excluding hydrogens is 661 g/mol. The second-order valence-corrected chi connectivity index (χ2v) is 13.3. The second kappa shape index (κ2) is 16.5. The van der Waals surface area contributed by atoms with Crippen LogP contribution in [0.1, 0.15) is 27.9 Å². The number of thiocarbonyl (C=S) groups is 1. The molecule has 3 aromatic carbocycles. The number of hydrogen-bond acceptors (Lipinski definition) is 9. The van der Waals surface area contributed by atoms with Gasteiger partial charge < -0.3 is 24.2 Å². The summed E-state index contributed by atoms with van der Waals surface area (Å²) in [6.07, 6.45) is 2.20. The Bertz CT molecular complexity index is 1700. The van der Waals surface area contributed by atoms with Crippen LogP contribution in [0.3, 0.4) is 0 Å². The number of carbonyl (C=O) groups is 2. The highest BCUT2D eigenvalue weighted by Crippen LogP contribution is 2.36. The highest BCUT2D eigenvalue weighted by Gasteiger charge is 2.32. The van der Waals surface area contributed by atoms with Crippen LogP contribution in [0.2, 0.25) is 0 Å². The Morgan fingerprint density at radius 1 is 1.00 bits per heavy atom. The third-order valence-corrected chi connectivity index (χ3v) is 9.19. The van der Waals surface area contributed by atoms with Gasteiger partial charge in [-0.15, -0.1) is 0 Å². The summed E-state index contributed by atoms with van der Waals surface area (Å²) in [6, 6.07) is 13.8. The highest BCUT2D eigenvalue weighted by molar-refractivity contribution is 8.26.